The number of rotatable bonds is 6. The zero-order valence-corrected chi connectivity index (χ0v) is 18.7. The molecule has 0 saturated carbocycles. The lowest BCUT2D eigenvalue weighted by Crippen LogP contribution is -2.51. The fraction of sp³-hybridized carbons (Fsp3) is 0.333. The van der Waals surface area contributed by atoms with Crippen molar-refractivity contribution in [3.05, 3.63) is 64.7 Å². The normalized spacial score (nSPS) is 16.5. The summed E-state index contributed by atoms with van der Waals surface area (Å²) in [5.74, 6) is -1.19. The lowest BCUT2D eigenvalue weighted by atomic mass is 10.0. The van der Waals surface area contributed by atoms with Crippen LogP contribution in [0.15, 0.2) is 53.4 Å². The first kappa shape index (κ1) is 23.2. The molecular weight excluding hydrogens is 444 g/mol. The van der Waals surface area contributed by atoms with E-state index in [0.29, 0.717) is 10.6 Å². The van der Waals surface area contributed by atoms with Crippen LogP contribution < -0.4 is 0 Å². The SMILES string of the molecule is COC(=O)c1ccccc1S(=O)(=O)N1CCN(C(C(=O)OC)c2ccccc2Cl)CC1. The summed E-state index contributed by atoms with van der Waals surface area (Å²) in [7, 11) is -1.43. The number of benzene rings is 2. The van der Waals surface area contributed by atoms with E-state index in [4.69, 9.17) is 21.1 Å². The van der Waals surface area contributed by atoms with Gasteiger partial charge in [0, 0.05) is 31.2 Å². The maximum absolute atomic E-state index is 13.2. The maximum Gasteiger partial charge on any atom is 0.339 e. The summed E-state index contributed by atoms with van der Waals surface area (Å²) in [6, 6.07) is 12.2. The van der Waals surface area contributed by atoms with Crippen LogP contribution in [-0.2, 0) is 24.3 Å². The zero-order chi connectivity index (χ0) is 22.6. The van der Waals surface area contributed by atoms with Crippen molar-refractivity contribution in [2.24, 2.45) is 0 Å². The average molecular weight is 467 g/mol. The van der Waals surface area contributed by atoms with E-state index in [0.717, 1.165) is 0 Å². The van der Waals surface area contributed by atoms with Crippen LogP contribution in [0.1, 0.15) is 22.0 Å². The molecule has 1 aliphatic heterocycles. The molecule has 10 heteroatoms. The minimum Gasteiger partial charge on any atom is -0.468 e. The molecule has 0 N–H and O–H groups in total. The number of piperazine rings is 1. The molecule has 1 fully saturated rings. The minimum atomic E-state index is -3.93. The summed E-state index contributed by atoms with van der Waals surface area (Å²) < 4.78 is 37.4. The predicted molar refractivity (Wildman–Crippen MR) is 114 cm³/mol. The molecule has 0 bridgehead atoms. The van der Waals surface area contributed by atoms with E-state index >= 15 is 0 Å². The number of methoxy groups -OCH3 is 2. The molecular formula is C21H23ClN2O6S. The van der Waals surface area contributed by atoms with Crippen LogP contribution in [0.25, 0.3) is 0 Å². The molecule has 1 atom stereocenters. The average Bonchev–Trinajstić information content (AvgIpc) is 2.80. The molecule has 1 aliphatic rings. The quantitative estimate of drug-likeness (QED) is 0.603. The van der Waals surface area contributed by atoms with Crippen LogP contribution in [-0.4, -0.2) is 70.0 Å². The maximum atomic E-state index is 13.2. The molecule has 31 heavy (non-hydrogen) atoms. The summed E-state index contributed by atoms with van der Waals surface area (Å²) in [4.78, 5) is 26.3. The van der Waals surface area contributed by atoms with Crippen molar-refractivity contribution >= 4 is 33.6 Å². The first-order valence-electron chi connectivity index (χ1n) is 9.55. The van der Waals surface area contributed by atoms with Crippen molar-refractivity contribution in [2.75, 3.05) is 40.4 Å². The number of esters is 2. The number of hydrogen-bond acceptors (Lipinski definition) is 7. The number of sulfonamides is 1. The van der Waals surface area contributed by atoms with Gasteiger partial charge in [0.05, 0.1) is 24.7 Å². The summed E-state index contributed by atoms with van der Waals surface area (Å²) in [5, 5.41) is 0.431. The monoisotopic (exact) mass is 466 g/mol. The molecule has 0 radical (unpaired) electrons. The van der Waals surface area contributed by atoms with E-state index in [1.54, 1.807) is 36.4 Å². The Morgan fingerprint density at radius 3 is 2.16 bits per heavy atom. The number of ether oxygens (including phenoxy) is 2. The number of carbonyl (C=O) groups is 2. The predicted octanol–water partition coefficient (Wildman–Crippen LogP) is 2.35. The molecule has 1 saturated heterocycles. The first-order chi connectivity index (χ1) is 14.8. The Kier molecular flexibility index (Phi) is 7.32. The topological polar surface area (TPSA) is 93.2 Å². The largest absolute Gasteiger partial charge is 0.468 e. The van der Waals surface area contributed by atoms with Gasteiger partial charge in [0.15, 0.2) is 0 Å². The number of carbonyl (C=O) groups excluding carboxylic acids is 2. The lowest BCUT2D eigenvalue weighted by molar-refractivity contribution is -0.147. The molecule has 1 heterocycles. The van der Waals surface area contributed by atoms with Crippen molar-refractivity contribution < 1.29 is 27.5 Å². The van der Waals surface area contributed by atoms with Crippen molar-refractivity contribution in [3.63, 3.8) is 0 Å². The van der Waals surface area contributed by atoms with Gasteiger partial charge in [-0.3, -0.25) is 4.90 Å². The van der Waals surface area contributed by atoms with Crippen LogP contribution >= 0.6 is 11.6 Å². The van der Waals surface area contributed by atoms with Crippen molar-refractivity contribution in [1.29, 1.82) is 0 Å². The van der Waals surface area contributed by atoms with Crippen LogP contribution in [0.5, 0.6) is 0 Å². The number of halogens is 1. The van der Waals surface area contributed by atoms with Gasteiger partial charge in [-0.25, -0.2) is 18.0 Å². The van der Waals surface area contributed by atoms with Gasteiger partial charge in [0.25, 0.3) is 0 Å². The van der Waals surface area contributed by atoms with E-state index < -0.39 is 28.0 Å². The van der Waals surface area contributed by atoms with Crippen LogP contribution in [0.4, 0.5) is 0 Å². The smallest absolute Gasteiger partial charge is 0.339 e. The Bertz CT molecular complexity index is 1070. The van der Waals surface area contributed by atoms with E-state index in [-0.39, 0.29) is 36.6 Å². The zero-order valence-electron chi connectivity index (χ0n) is 17.2. The second-order valence-electron chi connectivity index (χ2n) is 6.88. The third-order valence-corrected chi connectivity index (χ3v) is 7.47. The molecule has 3 rings (SSSR count). The van der Waals surface area contributed by atoms with Crippen molar-refractivity contribution in [1.82, 2.24) is 9.21 Å². The minimum absolute atomic E-state index is 0.0177. The molecule has 0 spiro atoms. The summed E-state index contributed by atoms with van der Waals surface area (Å²) in [5.41, 5.74) is 0.583. The van der Waals surface area contributed by atoms with E-state index in [9.17, 15) is 18.0 Å². The summed E-state index contributed by atoms with van der Waals surface area (Å²) in [6.07, 6.45) is 0. The molecule has 0 aliphatic carbocycles. The van der Waals surface area contributed by atoms with E-state index in [1.165, 1.54) is 30.7 Å². The Morgan fingerprint density at radius 1 is 0.935 bits per heavy atom. The van der Waals surface area contributed by atoms with Gasteiger partial charge >= 0.3 is 11.9 Å². The Labute approximate surface area is 186 Å². The number of nitrogens with zero attached hydrogens (tertiary/aromatic N) is 2. The Morgan fingerprint density at radius 2 is 1.55 bits per heavy atom. The highest BCUT2D eigenvalue weighted by Gasteiger charge is 2.37. The highest BCUT2D eigenvalue weighted by molar-refractivity contribution is 7.89. The fourth-order valence-corrected chi connectivity index (χ4v) is 5.43. The van der Waals surface area contributed by atoms with Crippen LogP contribution in [0.3, 0.4) is 0 Å². The Balaban J connectivity index is 1.83. The standard InChI is InChI=1S/C21H23ClN2O6S/c1-29-20(25)16-8-4-6-10-18(16)31(27,28)24-13-11-23(12-14-24)19(21(26)30-2)15-7-3-5-9-17(15)22/h3-10,19H,11-14H2,1-2H3. The van der Waals surface area contributed by atoms with Gasteiger partial charge in [-0.05, 0) is 23.8 Å². The Hall–Kier alpha value is -2.46. The summed E-state index contributed by atoms with van der Waals surface area (Å²) in [6.45, 7) is 0.834. The second-order valence-corrected chi connectivity index (χ2v) is 9.19. The third kappa shape index (κ3) is 4.74. The molecule has 2 aromatic rings. The fourth-order valence-electron chi connectivity index (χ4n) is 3.59. The highest BCUT2D eigenvalue weighted by Crippen LogP contribution is 2.30. The van der Waals surface area contributed by atoms with E-state index in [1.807, 2.05) is 4.90 Å². The summed E-state index contributed by atoms with van der Waals surface area (Å²) >= 11 is 6.30. The van der Waals surface area contributed by atoms with Gasteiger partial charge in [-0.1, -0.05) is 41.9 Å². The van der Waals surface area contributed by atoms with Gasteiger partial charge in [0.1, 0.15) is 6.04 Å². The van der Waals surface area contributed by atoms with Crippen molar-refractivity contribution in [2.45, 2.75) is 10.9 Å². The molecule has 166 valence electrons. The second kappa shape index (κ2) is 9.78. The van der Waals surface area contributed by atoms with Crippen LogP contribution in [0.2, 0.25) is 5.02 Å². The molecule has 2 aromatic carbocycles. The van der Waals surface area contributed by atoms with Gasteiger partial charge in [-0.15, -0.1) is 0 Å². The third-order valence-electron chi connectivity index (χ3n) is 5.17. The van der Waals surface area contributed by atoms with Gasteiger partial charge in [-0.2, -0.15) is 4.31 Å². The molecule has 0 aromatic heterocycles. The van der Waals surface area contributed by atoms with Gasteiger partial charge < -0.3 is 9.47 Å². The molecule has 8 nitrogen and oxygen atoms in total. The lowest BCUT2D eigenvalue weighted by Gasteiger charge is -2.37. The van der Waals surface area contributed by atoms with E-state index in [2.05, 4.69) is 0 Å². The van der Waals surface area contributed by atoms with Crippen molar-refractivity contribution in [3.8, 4) is 0 Å². The van der Waals surface area contributed by atoms with Gasteiger partial charge in [0.2, 0.25) is 10.0 Å². The first-order valence-corrected chi connectivity index (χ1v) is 11.4. The highest BCUT2D eigenvalue weighted by atomic mass is 35.5. The van der Waals surface area contributed by atoms with Crippen LogP contribution in [0, 0.1) is 0 Å². The number of hydrogen-bond donors (Lipinski definition) is 0. The molecule has 1 unspecified atom stereocenters. The molecule has 0 amide bonds.